The summed E-state index contributed by atoms with van der Waals surface area (Å²) in [4.78, 5) is 11.9. The molecule has 0 saturated carbocycles. The lowest BCUT2D eigenvalue weighted by atomic mass is 10.0. The molecule has 192 valence electrons. The van der Waals surface area contributed by atoms with Gasteiger partial charge in [-0.3, -0.25) is 4.79 Å². The number of carbonyl (C=O) groups excluding carboxylic acids is 1. The number of hydrogen-bond acceptors (Lipinski definition) is 6. The minimum Gasteiger partial charge on any atom is -0.394 e. The van der Waals surface area contributed by atoms with Crippen LogP contribution in [-0.4, -0.2) is 53.7 Å². The first-order chi connectivity index (χ1) is 17.6. The van der Waals surface area contributed by atoms with Crippen LogP contribution in [0.4, 0.5) is 0 Å². The second-order valence-electron chi connectivity index (χ2n) is 8.58. The Hall–Kier alpha value is -3.07. The van der Waals surface area contributed by atoms with E-state index in [2.05, 4.69) is 5.32 Å². The molecule has 3 aromatic rings. The van der Waals surface area contributed by atoms with Gasteiger partial charge in [0.05, 0.1) is 39.1 Å². The van der Waals surface area contributed by atoms with Gasteiger partial charge in [0.15, 0.2) is 0 Å². The number of hydrogen-bond donors (Lipinski definition) is 3. The van der Waals surface area contributed by atoms with Crippen molar-refractivity contribution >= 4 is 5.91 Å². The summed E-state index contributed by atoms with van der Waals surface area (Å²) in [6.45, 7) is 1.72. The van der Waals surface area contributed by atoms with Gasteiger partial charge in [-0.2, -0.15) is 0 Å². The third-order valence-corrected chi connectivity index (χ3v) is 5.66. The van der Waals surface area contributed by atoms with Crippen LogP contribution in [0.5, 0.6) is 0 Å². The zero-order valence-electron chi connectivity index (χ0n) is 20.5. The highest BCUT2D eigenvalue weighted by Crippen LogP contribution is 2.19. The predicted molar refractivity (Wildman–Crippen MR) is 137 cm³/mol. The summed E-state index contributed by atoms with van der Waals surface area (Å²) in [7, 11) is 0. The number of aliphatic hydroxyl groups is 2. The molecule has 3 rings (SSSR count). The van der Waals surface area contributed by atoms with Gasteiger partial charge in [0.25, 0.3) is 0 Å². The summed E-state index contributed by atoms with van der Waals surface area (Å²) >= 11 is 0. The topological polar surface area (TPSA) is 97.3 Å². The lowest BCUT2D eigenvalue weighted by Gasteiger charge is -2.35. The van der Waals surface area contributed by atoms with E-state index in [4.69, 9.17) is 14.2 Å². The first kappa shape index (κ1) is 27.5. The molecule has 0 saturated heterocycles. The number of ether oxygens (including phenoxy) is 3. The van der Waals surface area contributed by atoms with E-state index in [1.807, 2.05) is 91.0 Å². The van der Waals surface area contributed by atoms with Crippen molar-refractivity contribution in [3.05, 3.63) is 108 Å². The molecule has 0 aliphatic carbocycles. The second kappa shape index (κ2) is 15.1. The fraction of sp³-hybridized carbons (Fsp3) is 0.345. The quantitative estimate of drug-likeness (QED) is 0.301. The first-order valence-corrected chi connectivity index (χ1v) is 12.1. The Kier molecular flexibility index (Phi) is 11.6. The summed E-state index contributed by atoms with van der Waals surface area (Å²) in [6.07, 6.45) is -2.83. The molecule has 0 unspecified atom stereocenters. The zero-order chi connectivity index (χ0) is 25.6. The van der Waals surface area contributed by atoms with Crippen molar-refractivity contribution in [2.24, 2.45) is 0 Å². The summed E-state index contributed by atoms with van der Waals surface area (Å²) in [5.74, 6) is -0.320. The van der Waals surface area contributed by atoms with E-state index >= 15 is 0 Å². The van der Waals surface area contributed by atoms with Crippen LogP contribution in [0.3, 0.4) is 0 Å². The smallest absolute Gasteiger partial charge is 0.217 e. The van der Waals surface area contributed by atoms with E-state index in [1.54, 1.807) is 0 Å². The van der Waals surface area contributed by atoms with Crippen LogP contribution in [-0.2, 0) is 38.8 Å². The van der Waals surface area contributed by atoms with Gasteiger partial charge in [-0.05, 0) is 16.7 Å². The summed E-state index contributed by atoms with van der Waals surface area (Å²) in [5.41, 5.74) is 2.82. The van der Waals surface area contributed by atoms with E-state index in [1.165, 1.54) is 6.92 Å². The van der Waals surface area contributed by atoms with Crippen molar-refractivity contribution in [2.45, 2.75) is 51.1 Å². The molecule has 4 atom stereocenters. The maximum atomic E-state index is 11.9. The highest BCUT2D eigenvalue weighted by atomic mass is 16.6. The Morgan fingerprint density at radius 1 is 0.750 bits per heavy atom. The van der Waals surface area contributed by atoms with Gasteiger partial charge in [0.1, 0.15) is 18.3 Å². The maximum absolute atomic E-state index is 11.9. The number of carbonyl (C=O) groups is 1. The van der Waals surface area contributed by atoms with E-state index in [0.717, 1.165) is 16.7 Å². The van der Waals surface area contributed by atoms with Crippen molar-refractivity contribution in [3.8, 4) is 0 Å². The van der Waals surface area contributed by atoms with Crippen molar-refractivity contribution in [3.63, 3.8) is 0 Å². The largest absolute Gasteiger partial charge is 0.394 e. The minimum atomic E-state index is -1.08. The Bertz CT molecular complexity index is 1000. The normalized spacial score (nSPS) is 14.5. The lowest BCUT2D eigenvalue weighted by molar-refractivity contribution is -0.161. The summed E-state index contributed by atoms with van der Waals surface area (Å²) in [6, 6.07) is 28.0. The molecule has 0 fully saturated rings. The molecule has 0 heterocycles. The molecule has 36 heavy (non-hydrogen) atoms. The van der Waals surface area contributed by atoms with Gasteiger partial charge in [-0.1, -0.05) is 91.0 Å². The van der Waals surface area contributed by atoms with Crippen molar-refractivity contribution in [1.82, 2.24) is 5.32 Å². The molecule has 0 aliphatic rings. The predicted octanol–water partition coefficient (Wildman–Crippen LogP) is 3.23. The average molecular weight is 494 g/mol. The molecule has 0 aromatic heterocycles. The third-order valence-electron chi connectivity index (χ3n) is 5.66. The number of nitrogens with one attached hydrogen (secondary N) is 1. The summed E-state index contributed by atoms with van der Waals surface area (Å²) in [5, 5.41) is 24.0. The molecule has 0 aliphatic heterocycles. The van der Waals surface area contributed by atoms with Crippen LogP contribution < -0.4 is 5.32 Å². The van der Waals surface area contributed by atoms with Crippen LogP contribution in [0.15, 0.2) is 91.0 Å². The maximum Gasteiger partial charge on any atom is 0.217 e. The Morgan fingerprint density at radius 2 is 1.19 bits per heavy atom. The molecule has 3 N–H and O–H groups in total. The molecule has 7 heteroatoms. The number of aliphatic hydroxyl groups excluding tert-OH is 2. The number of amides is 1. The van der Waals surface area contributed by atoms with Gasteiger partial charge in [-0.25, -0.2) is 0 Å². The molecule has 7 nitrogen and oxygen atoms in total. The molecule has 0 radical (unpaired) electrons. The Labute approximate surface area is 212 Å². The van der Waals surface area contributed by atoms with Crippen molar-refractivity contribution in [1.29, 1.82) is 0 Å². The highest BCUT2D eigenvalue weighted by molar-refractivity contribution is 5.73. The van der Waals surface area contributed by atoms with E-state index in [-0.39, 0.29) is 32.3 Å². The third kappa shape index (κ3) is 9.18. The van der Waals surface area contributed by atoms with Crippen LogP contribution >= 0.6 is 0 Å². The Balaban J connectivity index is 1.78. The van der Waals surface area contributed by atoms with Gasteiger partial charge in [-0.15, -0.1) is 0 Å². The van der Waals surface area contributed by atoms with E-state index < -0.39 is 24.4 Å². The van der Waals surface area contributed by atoms with Crippen LogP contribution in [0.2, 0.25) is 0 Å². The Morgan fingerprint density at radius 3 is 1.64 bits per heavy atom. The van der Waals surface area contributed by atoms with Gasteiger partial charge in [0.2, 0.25) is 5.91 Å². The lowest BCUT2D eigenvalue weighted by Crippen LogP contribution is -2.56. The standard InChI is InChI=1S/C29H35NO6/c1-22(32)30-26(17-31)28(35-19-24-13-7-3-8-14-24)29(36-20-25-15-9-4-10-16-25)27(33)21-34-18-23-11-5-2-6-12-23/h2-16,26-29,31,33H,17-21H2,1H3,(H,30,32)/t26-,27+,28+,29-/m0/s1. The van der Waals surface area contributed by atoms with Crippen LogP contribution in [0.1, 0.15) is 23.6 Å². The fourth-order valence-electron chi connectivity index (χ4n) is 3.86. The van der Waals surface area contributed by atoms with Crippen molar-refractivity contribution in [2.75, 3.05) is 13.2 Å². The molecule has 3 aromatic carbocycles. The monoisotopic (exact) mass is 493 g/mol. The summed E-state index contributed by atoms with van der Waals surface area (Å²) < 4.78 is 18.2. The van der Waals surface area contributed by atoms with E-state index in [9.17, 15) is 15.0 Å². The van der Waals surface area contributed by atoms with Gasteiger partial charge >= 0.3 is 0 Å². The van der Waals surface area contributed by atoms with Crippen LogP contribution in [0, 0.1) is 0 Å². The number of benzene rings is 3. The first-order valence-electron chi connectivity index (χ1n) is 12.1. The SMILES string of the molecule is CC(=O)N[C@@H](CO)[C@@H](OCc1ccccc1)[C@@H](OCc1ccccc1)[C@H](O)COCc1ccccc1. The fourth-order valence-corrected chi connectivity index (χ4v) is 3.86. The highest BCUT2D eigenvalue weighted by Gasteiger charge is 2.36. The van der Waals surface area contributed by atoms with Crippen LogP contribution in [0.25, 0.3) is 0 Å². The minimum absolute atomic E-state index is 0.0161. The molecular weight excluding hydrogens is 458 g/mol. The zero-order valence-corrected chi connectivity index (χ0v) is 20.5. The average Bonchev–Trinajstić information content (AvgIpc) is 2.91. The van der Waals surface area contributed by atoms with E-state index in [0.29, 0.717) is 6.61 Å². The number of rotatable bonds is 15. The van der Waals surface area contributed by atoms with Gasteiger partial charge in [0, 0.05) is 6.92 Å². The second-order valence-corrected chi connectivity index (χ2v) is 8.58. The van der Waals surface area contributed by atoms with Gasteiger partial charge < -0.3 is 29.7 Å². The molecule has 0 bridgehead atoms. The van der Waals surface area contributed by atoms with Crippen molar-refractivity contribution < 1.29 is 29.2 Å². The molecule has 1 amide bonds. The molecular formula is C29H35NO6. The molecule has 0 spiro atoms.